The molecule has 0 atom stereocenters. The van der Waals surface area contributed by atoms with Crippen molar-refractivity contribution in [3.63, 3.8) is 0 Å². The van der Waals surface area contributed by atoms with Crippen molar-refractivity contribution in [1.82, 2.24) is 0 Å². The third kappa shape index (κ3) is 12.8. The van der Waals surface area contributed by atoms with Gasteiger partial charge in [-0.1, -0.05) is 50.5 Å². The molecule has 3 aromatic rings. The summed E-state index contributed by atoms with van der Waals surface area (Å²) in [5, 5.41) is 12.2. The zero-order chi connectivity index (χ0) is 26.1. The van der Waals surface area contributed by atoms with E-state index in [1.165, 1.54) is 25.3 Å². The zero-order valence-electron chi connectivity index (χ0n) is 23.1. The fourth-order valence-electron chi connectivity index (χ4n) is 3.49. The van der Waals surface area contributed by atoms with Crippen LogP contribution in [0.5, 0.6) is 5.75 Å². The molecule has 4 rings (SSSR count). The molecule has 0 radical (unpaired) electrons. The number of aryl methyl sites for hydroxylation is 1. The topological polar surface area (TPSA) is 20.2 Å². The number of hydrogen-bond acceptors (Lipinski definition) is 1. The van der Waals surface area contributed by atoms with Crippen molar-refractivity contribution in [3.8, 4) is 5.75 Å². The molecule has 1 aliphatic rings. The fourth-order valence-corrected chi connectivity index (χ4v) is 6.50. The van der Waals surface area contributed by atoms with Crippen LogP contribution in [0, 0.1) is 13.0 Å². The molecule has 0 bridgehead atoms. The summed E-state index contributed by atoms with van der Waals surface area (Å²) in [7, 11) is -2.26. The molecule has 6 heteroatoms. The molecule has 0 spiro atoms. The monoisotopic (exact) mass is 603 g/mol. The summed E-state index contributed by atoms with van der Waals surface area (Å²) in [4.78, 5) is 0. The molecule has 0 aromatic heterocycles. The van der Waals surface area contributed by atoms with Gasteiger partial charge in [0.2, 0.25) is 0 Å². The number of halogens is 2. The zero-order valence-corrected chi connectivity index (χ0v) is 28.3. The Labute approximate surface area is 250 Å². The maximum absolute atomic E-state index is 9.38. The Hall–Kier alpha value is -1.46. The Morgan fingerprint density at radius 1 is 0.757 bits per heavy atom. The van der Waals surface area contributed by atoms with Crippen molar-refractivity contribution < 1.29 is 25.1 Å². The molecule has 197 valence electrons. The molecule has 1 N–H and O–H groups in total. The Morgan fingerprint density at radius 3 is 1.57 bits per heavy atom. The summed E-state index contributed by atoms with van der Waals surface area (Å²) in [6, 6.07) is 26.8. The summed E-state index contributed by atoms with van der Waals surface area (Å²) >= 11 is 2.16. The van der Waals surface area contributed by atoms with Crippen LogP contribution in [0.3, 0.4) is 0 Å². The third-order valence-corrected chi connectivity index (χ3v) is 10.4. The van der Waals surface area contributed by atoms with Gasteiger partial charge < -0.3 is 5.11 Å². The number of hydrogen-bond donors (Lipinski definition) is 1. The number of benzene rings is 3. The van der Waals surface area contributed by atoms with Crippen LogP contribution in [-0.4, -0.2) is 25.1 Å². The van der Waals surface area contributed by atoms with E-state index in [1.807, 2.05) is 25.1 Å². The van der Waals surface area contributed by atoms with Gasteiger partial charge in [0.1, 0.15) is 5.75 Å². The van der Waals surface area contributed by atoms with E-state index in [0.29, 0.717) is 5.75 Å². The Balaban J connectivity index is 0.000000523. The molecule has 0 saturated heterocycles. The molecule has 0 fully saturated rings. The summed E-state index contributed by atoms with van der Waals surface area (Å²) in [6.07, 6.45) is 8.82. The molecule has 0 unspecified atom stereocenters. The molecule has 1 aliphatic carbocycles. The van der Waals surface area contributed by atoms with Gasteiger partial charge in [-0.25, -0.2) is 11.3 Å². The Kier molecular flexibility index (Phi) is 15.8. The van der Waals surface area contributed by atoms with Crippen LogP contribution in [0.2, 0.25) is 39.3 Å². The molecule has 0 heterocycles. The van der Waals surface area contributed by atoms with Crippen molar-refractivity contribution >= 4 is 50.0 Å². The van der Waals surface area contributed by atoms with Crippen LogP contribution < -0.4 is 5.19 Å². The van der Waals surface area contributed by atoms with E-state index in [1.54, 1.807) is 6.07 Å². The summed E-state index contributed by atoms with van der Waals surface area (Å²) < 4.78 is 1.33. The van der Waals surface area contributed by atoms with E-state index >= 15 is 0 Å². The second-order valence-corrected chi connectivity index (χ2v) is 21.8. The number of allylic oxidation sites excluding steroid dienone is 4. The van der Waals surface area contributed by atoms with Crippen LogP contribution in [0.4, 0.5) is 0 Å². The van der Waals surface area contributed by atoms with E-state index in [2.05, 4.69) is 132 Å². The standard InChI is InChI=1S/C13H10.C10H16OSi.C8H13Si.2ClH.Ti/c1-3-7-12(8-4-1)11-13-9-5-2-6-10-13;1-8-5-9(11)7-10(6-8)12(2,3)4;1-9(2,3)8-6-4-5-7-8;;;/h1-10H;5-7,11H,1-4H3;4,6H,5H2,1-3H3;2*1H;/q;;-1;;;+1. The number of phenols is 1. The minimum atomic E-state index is -1.26. The third-order valence-electron chi connectivity index (χ3n) is 5.56. The van der Waals surface area contributed by atoms with Crippen LogP contribution in [0.15, 0.2) is 96.2 Å². The first-order chi connectivity index (χ1) is 16.4. The molecule has 1 nitrogen and oxygen atoms in total. The van der Waals surface area contributed by atoms with Crippen LogP contribution in [0.25, 0.3) is 0 Å². The summed E-state index contributed by atoms with van der Waals surface area (Å²) in [5.41, 5.74) is 3.73. The SMILES string of the molecule is C[Si](C)(C)C1=[C-]CC=C1.Cc1cc(O)cc([Si](C)(C)C)c1.Cl.Cl.[Ti+]=[C](c1ccccc1)c1ccccc1. The molecule has 37 heavy (non-hydrogen) atoms. The summed E-state index contributed by atoms with van der Waals surface area (Å²) in [6.45, 7) is 15.9. The van der Waals surface area contributed by atoms with Gasteiger partial charge in [-0.15, -0.1) is 31.2 Å². The van der Waals surface area contributed by atoms with Gasteiger partial charge >= 0.3 is 95.6 Å². The van der Waals surface area contributed by atoms with Gasteiger partial charge in [0, 0.05) is 8.07 Å². The van der Waals surface area contributed by atoms with Gasteiger partial charge in [-0.05, 0) is 24.6 Å². The van der Waals surface area contributed by atoms with Crippen molar-refractivity contribution in [3.05, 3.63) is 119 Å². The molecule has 0 amide bonds. The van der Waals surface area contributed by atoms with Crippen molar-refractivity contribution in [2.45, 2.75) is 52.6 Å². The van der Waals surface area contributed by atoms with Crippen LogP contribution in [-0.2, 0) is 20.0 Å². The Bertz CT molecular complexity index is 1100. The van der Waals surface area contributed by atoms with E-state index in [0.717, 1.165) is 12.0 Å². The van der Waals surface area contributed by atoms with E-state index in [-0.39, 0.29) is 24.8 Å². The van der Waals surface area contributed by atoms with Gasteiger partial charge in [0.15, 0.2) is 0 Å². The number of rotatable bonds is 4. The van der Waals surface area contributed by atoms with E-state index in [4.69, 9.17) is 0 Å². The first kappa shape index (κ1) is 35.5. The first-order valence-electron chi connectivity index (χ1n) is 12.2. The van der Waals surface area contributed by atoms with E-state index < -0.39 is 16.1 Å². The van der Waals surface area contributed by atoms with Crippen molar-refractivity contribution in [1.29, 1.82) is 0 Å². The quantitative estimate of drug-likeness (QED) is 0.234. The van der Waals surface area contributed by atoms with E-state index in [9.17, 15) is 5.11 Å². The maximum atomic E-state index is 9.38. The van der Waals surface area contributed by atoms with Crippen LogP contribution in [0.1, 0.15) is 23.1 Å². The summed E-state index contributed by atoms with van der Waals surface area (Å²) in [5.74, 6) is 0.396. The predicted octanol–water partition coefficient (Wildman–Crippen LogP) is 8.44. The predicted molar refractivity (Wildman–Crippen MR) is 170 cm³/mol. The van der Waals surface area contributed by atoms with Gasteiger partial charge in [0.25, 0.3) is 0 Å². The van der Waals surface area contributed by atoms with Crippen molar-refractivity contribution in [2.75, 3.05) is 0 Å². The molecule has 0 aliphatic heterocycles. The van der Waals surface area contributed by atoms with Gasteiger partial charge in [0.05, 0.1) is 8.07 Å². The average Bonchev–Trinajstić information content (AvgIpc) is 3.35. The Morgan fingerprint density at radius 2 is 1.24 bits per heavy atom. The molecule has 0 saturated carbocycles. The second kappa shape index (κ2) is 16.5. The van der Waals surface area contributed by atoms with Crippen molar-refractivity contribution in [2.24, 2.45) is 0 Å². The number of aromatic hydroxyl groups is 1. The number of phenolic OH excluding ortho intramolecular Hbond substituents is 1. The van der Waals surface area contributed by atoms with Gasteiger partial charge in [-0.2, -0.15) is 6.08 Å². The second-order valence-electron chi connectivity index (χ2n) is 10.9. The fraction of sp³-hybridized carbons (Fsp3) is 0.258. The van der Waals surface area contributed by atoms with Crippen LogP contribution >= 0.6 is 24.8 Å². The minimum absolute atomic E-state index is 0. The van der Waals surface area contributed by atoms with Gasteiger partial charge in [-0.3, -0.25) is 6.08 Å². The molecule has 3 aromatic carbocycles. The average molecular weight is 605 g/mol. The molecular weight excluding hydrogens is 563 g/mol. The molecular formula is C31H41Cl2OSi2Ti. The normalized spacial score (nSPS) is 12.0. The first-order valence-corrected chi connectivity index (χ1v) is 19.9.